The first-order valence-electron chi connectivity index (χ1n) is 6.01. The number of hydrogen-bond acceptors (Lipinski definition) is 3. The lowest BCUT2D eigenvalue weighted by atomic mass is 9.91. The zero-order valence-electron chi connectivity index (χ0n) is 11.1. The van der Waals surface area contributed by atoms with Crippen molar-refractivity contribution >= 4 is 17.5 Å². The van der Waals surface area contributed by atoms with Gasteiger partial charge >= 0.3 is 0 Å². The molecular formula is C13H20ClN3O. The fourth-order valence-corrected chi connectivity index (χ4v) is 1.63. The van der Waals surface area contributed by atoms with Crippen LogP contribution in [0.5, 0.6) is 0 Å². The van der Waals surface area contributed by atoms with Gasteiger partial charge < -0.3 is 11.1 Å². The Balaban J connectivity index is 2.89. The zero-order valence-corrected chi connectivity index (χ0v) is 11.8. The Morgan fingerprint density at radius 2 is 2.11 bits per heavy atom. The van der Waals surface area contributed by atoms with Gasteiger partial charge in [0.15, 0.2) is 0 Å². The van der Waals surface area contributed by atoms with Crippen molar-refractivity contribution in [3.05, 3.63) is 28.5 Å². The highest BCUT2D eigenvalue weighted by molar-refractivity contribution is 6.29. The number of rotatable bonds is 4. The molecule has 4 nitrogen and oxygen atoms in total. The molecule has 0 bridgehead atoms. The molecule has 1 aromatic rings. The van der Waals surface area contributed by atoms with Gasteiger partial charge in [0.2, 0.25) is 0 Å². The minimum absolute atomic E-state index is 0.141. The second-order valence-corrected chi connectivity index (χ2v) is 5.60. The summed E-state index contributed by atoms with van der Waals surface area (Å²) in [6.07, 6.45) is 0.761. The molecule has 1 rings (SSSR count). The number of nitrogens with two attached hydrogens (primary N) is 1. The number of pyridine rings is 1. The SMILES string of the molecule is CC(C)(C)c1cc(C(=O)NCCCN)cc(Cl)n1. The van der Waals surface area contributed by atoms with E-state index in [9.17, 15) is 4.79 Å². The lowest BCUT2D eigenvalue weighted by Crippen LogP contribution is -2.26. The average Bonchev–Trinajstić information content (AvgIpc) is 2.27. The van der Waals surface area contributed by atoms with Crippen molar-refractivity contribution in [1.29, 1.82) is 0 Å². The van der Waals surface area contributed by atoms with Crippen molar-refractivity contribution in [2.75, 3.05) is 13.1 Å². The van der Waals surface area contributed by atoms with Gasteiger partial charge in [-0.15, -0.1) is 0 Å². The number of aromatic nitrogens is 1. The summed E-state index contributed by atoms with van der Waals surface area (Å²) in [7, 11) is 0. The quantitative estimate of drug-likeness (QED) is 0.650. The molecule has 3 N–H and O–H groups in total. The highest BCUT2D eigenvalue weighted by atomic mass is 35.5. The second-order valence-electron chi connectivity index (χ2n) is 5.21. The zero-order chi connectivity index (χ0) is 13.8. The molecule has 1 amide bonds. The first kappa shape index (κ1) is 14.9. The van der Waals surface area contributed by atoms with Gasteiger partial charge in [-0.1, -0.05) is 32.4 Å². The normalized spacial score (nSPS) is 11.4. The Labute approximate surface area is 113 Å². The van der Waals surface area contributed by atoms with Crippen LogP contribution in [0.15, 0.2) is 12.1 Å². The van der Waals surface area contributed by atoms with Crippen molar-refractivity contribution < 1.29 is 4.79 Å². The van der Waals surface area contributed by atoms with E-state index in [1.165, 1.54) is 0 Å². The van der Waals surface area contributed by atoms with Crippen molar-refractivity contribution in [2.24, 2.45) is 5.73 Å². The van der Waals surface area contributed by atoms with Gasteiger partial charge in [-0.25, -0.2) is 4.98 Å². The summed E-state index contributed by atoms with van der Waals surface area (Å²) in [5.41, 5.74) is 6.58. The Hall–Kier alpha value is -1.13. The van der Waals surface area contributed by atoms with Gasteiger partial charge in [0.1, 0.15) is 5.15 Å². The molecule has 0 aliphatic rings. The summed E-state index contributed by atoms with van der Waals surface area (Å²) in [4.78, 5) is 16.2. The molecule has 0 aliphatic carbocycles. The molecule has 0 aromatic carbocycles. The summed E-state index contributed by atoms with van der Waals surface area (Å²) in [5.74, 6) is -0.141. The fourth-order valence-electron chi connectivity index (χ4n) is 1.42. The third-order valence-corrected chi connectivity index (χ3v) is 2.68. The Kier molecular flexibility index (Phi) is 5.11. The minimum atomic E-state index is -0.142. The van der Waals surface area contributed by atoms with Crippen molar-refractivity contribution in [3.8, 4) is 0 Å². The maximum absolute atomic E-state index is 11.9. The molecular weight excluding hydrogens is 250 g/mol. The van der Waals surface area contributed by atoms with Crippen LogP contribution in [-0.2, 0) is 5.41 Å². The predicted molar refractivity (Wildman–Crippen MR) is 74.0 cm³/mol. The first-order valence-corrected chi connectivity index (χ1v) is 6.38. The van der Waals surface area contributed by atoms with Crippen LogP contribution in [0.3, 0.4) is 0 Å². The monoisotopic (exact) mass is 269 g/mol. The number of nitrogens with zero attached hydrogens (tertiary/aromatic N) is 1. The molecule has 100 valence electrons. The third kappa shape index (κ3) is 4.27. The fraction of sp³-hybridized carbons (Fsp3) is 0.538. The summed E-state index contributed by atoms with van der Waals surface area (Å²) in [5, 5.41) is 3.14. The van der Waals surface area contributed by atoms with Gasteiger partial charge in [0, 0.05) is 23.2 Å². The standard InChI is InChI=1S/C13H20ClN3O/c1-13(2,3)10-7-9(8-11(14)17-10)12(18)16-6-4-5-15/h7-8H,4-6,15H2,1-3H3,(H,16,18). The molecule has 1 heterocycles. The molecule has 0 saturated carbocycles. The van der Waals surface area contributed by atoms with Gasteiger partial charge in [-0.2, -0.15) is 0 Å². The molecule has 0 spiro atoms. The highest BCUT2D eigenvalue weighted by Gasteiger charge is 2.18. The second kappa shape index (κ2) is 6.16. The molecule has 18 heavy (non-hydrogen) atoms. The lowest BCUT2D eigenvalue weighted by Gasteiger charge is -2.18. The van der Waals surface area contributed by atoms with E-state index in [4.69, 9.17) is 17.3 Å². The minimum Gasteiger partial charge on any atom is -0.352 e. The van der Waals surface area contributed by atoms with E-state index >= 15 is 0 Å². The van der Waals surface area contributed by atoms with E-state index in [0.717, 1.165) is 12.1 Å². The Morgan fingerprint density at radius 1 is 1.44 bits per heavy atom. The number of carbonyl (C=O) groups is 1. The van der Waals surface area contributed by atoms with E-state index in [0.29, 0.717) is 23.8 Å². The Morgan fingerprint density at radius 3 is 2.67 bits per heavy atom. The topological polar surface area (TPSA) is 68.0 Å². The summed E-state index contributed by atoms with van der Waals surface area (Å²) >= 11 is 5.95. The van der Waals surface area contributed by atoms with Crippen LogP contribution in [0.4, 0.5) is 0 Å². The van der Waals surface area contributed by atoms with Crippen LogP contribution >= 0.6 is 11.6 Å². The van der Waals surface area contributed by atoms with Crippen LogP contribution in [-0.4, -0.2) is 24.0 Å². The maximum atomic E-state index is 11.9. The van der Waals surface area contributed by atoms with Crippen molar-refractivity contribution in [3.63, 3.8) is 0 Å². The van der Waals surface area contributed by atoms with Gasteiger partial charge in [-0.3, -0.25) is 4.79 Å². The molecule has 0 atom stereocenters. The number of halogens is 1. The maximum Gasteiger partial charge on any atom is 0.251 e. The summed E-state index contributed by atoms with van der Waals surface area (Å²) in [6.45, 7) is 7.22. The van der Waals surface area contributed by atoms with Crippen LogP contribution in [0, 0.1) is 0 Å². The number of amides is 1. The number of hydrogen-bond donors (Lipinski definition) is 2. The van der Waals surface area contributed by atoms with Crippen LogP contribution in [0.2, 0.25) is 5.15 Å². The summed E-state index contributed by atoms with van der Waals surface area (Å²) in [6, 6.07) is 3.36. The molecule has 0 aliphatic heterocycles. The largest absolute Gasteiger partial charge is 0.352 e. The van der Waals surface area contributed by atoms with Gasteiger partial charge in [0.25, 0.3) is 5.91 Å². The smallest absolute Gasteiger partial charge is 0.251 e. The average molecular weight is 270 g/mol. The van der Waals surface area contributed by atoms with Crippen LogP contribution < -0.4 is 11.1 Å². The van der Waals surface area contributed by atoms with Gasteiger partial charge in [0.05, 0.1) is 0 Å². The van der Waals surface area contributed by atoms with E-state index in [-0.39, 0.29) is 11.3 Å². The van der Waals surface area contributed by atoms with Crippen molar-refractivity contribution in [1.82, 2.24) is 10.3 Å². The van der Waals surface area contributed by atoms with E-state index in [1.54, 1.807) is 12.1 Å². The molecule has 5 heteroatoms. The number of nitrogens with one attached hydrogen (secondary N) is 1. The Bertz CT molecular complexity index is 427. The first-order chi connectivity index (χ1) is 8.34. The van der Waals surface area contributed by atoms with E-state index in [1.807, 2.05) is 20.8 Å². The molecule has 0 unspecified atom stereocenters. The molecule has 0 saturated heterocycles. The summed E-state index contributed by atoms with van der Waals surface area (Å²) < 4.78 is 0. The molecule has 0 fully saturated rings. The lowest BCUT2D eigenvalue weighted by molar-refractivity contribution is 0.0953. The molecule has 0 radical (unpaired) electrons. The highest BCUT2D eigenvalue weighted by Crippen LogP contribution is 2.23. The van der Waals surface area contributed by atoms with Gasteiger partial charge in [-0.05, 0) is 25.1 Å². The number of carbonyl (C=O) groups excluding carboxylic acids is 1. The van der Waals surface area contributed by atoms with Crippen LogP contribution in [0.25, 0.3) is 0 Å². The molecule has 1 aromatic heterocycles. The van der Waals surface area contributed by atoms with Crippen molar-refractivity contribution in [2.45, 2.75) is 32.6 Å². The third-order valence-electron chi connectivity index (χ3n) is 2.49. The van der Waals surface area contributed by atoms with Crippen LogP contribution in [0.1, 0.15) is 43.2 Å². The predicted octanol–water partition coefficient (Wildman–Crippen LogP) is 2.11. The van der Waals surface area contributed by atoms with E-state index < -0.39 is 0 Å². The van der Waals surface area contributed by atoms with E-state index in [2.05, 4.69) is 10.3 Å².